The SMILES string of the molecule is Cc1cccc(C(=O)NCCc2ccc(-c3csc(C)n3)s2)c1. The largest absolute Gasteiger partial charge is 0.352 e. The van der Waals surface area contributed by atoms with Gasteiger partial charge in [0.05, 0.1) is 15.6 Å². The number of thiophene rings is 1. The van der Waals surface area contributed by atoms with Gasteiger partial charge in [-0.3, -0.25) is 4.79 Å². The summed E-state index contributed by atoms with van der Waals surface area (Å²) in [6, 6.07) is 11.9. The van der Waals surface area contributed by atoms with Crippen LogP contribution in [-0.4, -0.2) is 17.4 Å². The molecule has 0 fully saturated rings. The van der Waals surface area contributed by atoms with Crippen molar-refractivity contribution in [2.75, 3.05) is 6.54 Å². The zero-order chi connectivity index (χ0) is 16.2. The van der Waals surface area contributed by atoms with Crippen molar-refractivity contribution in [3.05, 3.63) is 62.8 Å². The molecule has 3 rings (SSSR count). The second-order valence-electron chi connectivity index (χ2n) is 5.39. The lowest BCUT2D eigenvalue weighted by atomic mass is 10.1. The highest BCUT2D eigenvalue weighted by molar-refractivity contribution is 7.16. The van der Waals surface area contributed by atoms with E-state index in [-0.39, 0.29) is 5.91 Å². The van der Waals surface area contributed by atoms with Crippen molar-refractivity contribution in [3.63, 3.8) is 0 Å². The molecule has 2 aromatic heterocycles. The first-order valence-corrected chi connectivity index (χ1v) is 9.17. The fourth-order valence-corrected chi connectivity index (χ4v) is 3.97. The lowest BCUT2D eigenvalue weighted by Crippen LogP contribution is -2.25. The summed E-state index contributed by atoms with van der Waals surface area (Å²) in [5, 5.41) is 6.15. The minimum absolute atomic E-state index is 0.0133. The lowest BCUT2D eigenvalue weighted by Gasteiger charge is -2.05. The first kappa shape index (κ1) is 15.9. The Bertz CT molecular complexity index is 820. The zero-order valence-electron chi connectivity index (χ0n) is 13.1. The van der Waals surface area contributed by atoms with E-state index in [1.807, 2.05) is 38.1 Å². The number of benzene rings is 1. The molecule has 5 heteroatoms. The topological polar surface area (TPSA) is 42.0 Å². The van der Waals surface area contributed by atoms with Crippen LogP contribution in [0.5, 0.6) is 0 Å². The van der Waals surface area contributed by atoms with Crippen molar-refractivity contribution in [1.82, 2.24) is 10.3 Å². The molecule has 0 unspecified atom stereocenters. The highest BCUT2D eigenvalue weighted by Gasteiger charge is 2.08. The number of amides is 1. The Balaban J connectivity index is 1.55. The van der Waals surface area contributed by atoms with E-state index in [4.69, 9.17) is 0 Å². The van der Waals surface area contributed by atoms with Crippen LogP contribution in [0.25, 0.3) is 10.6 Å². The van der Waals surface area contributed by atoms with E-state index in [2.05, 4.69) is 27.8 Å². The molecule has 0 saturated carbocycles. The van der Waals surface area contributed by atoms with Gasteiger partial charge >= 0.3 is 0 Å². The van der Waals surface area contributed by atoms with Crippen LogP contribution in [0.2, 0.25) is 0 Å². The van der Waals surface area contributed by atoms with Gasteiger partial charge in [0.25, 0.3) is 5.91 Å². The third-order valence-corrected chi connectivity index (χ3v) is 5.41. The summed E-state index contributed by atoms with van der Waals surface area (Å²) in [6.07, 6.45) is 0.839. The Morgan fingerprint density at radius 2 is 2.09 bits per heavy atom. The van der Waals surface area contributed by atoms with Crippen molar-refractivity contribution >= 4 is 28.6 Å². The normalized spacial score (nSPS) is 10.7. The van der Waals surface area contributed by atoms with Crippen molar-refractivity contribution in [1.29, 1.82) is 0 Å². The average molecular weight is 342 g/mol. The molecular weight excluding hydrogens is 324 g/mol. The predicted molar refractivity (Wildman–Crippen MR) is 97.4 cm³/mol. The molecule has 1 amide bonds. The smallest absolute Gasteiger partial charge is 0.251 e. The highest BCUT2D eigenvalue weighted by Crippen LogP contribution is 2.29. The second kappa shape index (κ2) is 7.06. The summed E-state index contributed by atoms with van der Waals surface area (Å²) in [5.41, 5.74) is 2.86. The van der Waals surface area contributed by atoms with Crippen LogP contribution in [0.1, 0.15) is 25.8 Å². The average Bonchev–Trinajstić information content (AvgIpc) is 3.16. The Morgan fingerprint density at radius 3 is 2.83 bits per heavy atom. The first-order valence-electron chi connectivity index (χ1n) is 7.48. The van der Waals surface area contributed by atoms with Crippen LogP contribution in [0.3, 0.4) is 0 Å². The number of nitrogens with zero attached hydrogens (tertiary/aromatic N) is 1. The van der Waals surface area contributed by atoms with Gasteiger partial charge in [-0.1, -0.05) is 17.7 Å². The minimum atomic E-state index is -0.0133. The van der Waals surface area contributed by atoms with Gasteiger partial charge in [-0.25, -0.2) is 4.98 Å². The molecule has 3 nitrogen and oxygen atoms in total. The van der Waals surface area contributed by atoms with Crippen LogP contribution in [0.4, 0.5) is 0 Å². The summed E-state index contributed by atoms with van der Waals surface area (Å²) < 4.78 is 0. The molecule has 0 atom stereocenters. The van der Waals surface area contributed by atoms with E-state index in [1.54, 1.807) is 22.7 Å². The van der Waals surface area contributed by atoms with Crippen LogP contribution < -0.4 is 5.32 Å². The van der Waals surface area contributed by atoms with E-state index in [0.717, 1.165) is 28.2 Å². The Hall–Kier alpha value is -1.98. The van der Waals surface area contributed by atoms with Crippen molar-refractivity contribution in [2.24, 2.45) is 0 Å². The quantitative estimate of drug-likeness (QED) is 0.744. The maximum Gasteiger partial charge on any atom is 0.251 e. The second-order valence-corrected chi connectivity index (χ2v) is 7.62. The van der Waals surface area contributed by atoms with Gasteiger partial charge in [-0.05, 0) is 44.5 Å². The van der Waals surface area contributed by atoms with Crippen LogP contribution in [0.15, 0.2) is 41.8 Å². The molecule has 1 aromatic carbocycles. The summed E-state index contributed by atoms with van der Waals surface area (Å²) in [5.74, 6) is -0.0133. The number of hydrogen-bond donors (Lipinski definition) is 1. The van der Waals surface area contributed by atoms with Crippen LogP contribution in [-0.2, 0) is 6.42 Å². The van der Waals surface area contributed by atoms with Crippen LogP contribution >= 0.6 is 22.7 Å². The molecule has 1 N–H and O–H groups in total. The summed E-state index contributed by atoms with van der Waals surface area (Å²) in [7, 11) is 0. The number of carbonyl (C=O) groups excluding carboxylic acids is 1. The number of carbonyl (C=O) groups is 1. The first-order chi connectivity index (χ1) is 11.1. The maximum atomic E-state index is 12.1. The summed E-state index contributed by atoms with van der Waals surface area (Å²) in [6.45, 7) is 4.65. The van der Waals surface area contributed by atoms with Gasteiger partial charge in [0, 0.05) is 22.4 Å². The standard InChI is InChI=1S/C18H18N2OS2/c1-12-4-3-5-14(10-12)18(21)19-9-8-15-6-7-17(23-15)16-11-22-13(2)20-16/h3-7,10-11H,8-9H2,1-2H3,(H,19,21). The zero-order valence-corrected chi connectivity index (χ0v) is 14.8. The summed E-state index contributed by atoms with van der Waals surface area (Å²) in [4.78, 5) is 19.1. The fourth-order valence-electron chi connectivity index (χ4n) is 2.31. The predicted octanol–water partition coefficient (Wildman–Crippen LogP) is 4.46. The van der Waals surface area contributed by atoms with Gasteiger partial charge < -0.3 is 5.32 Å². The number of thiazole rings is 1. The lowest BCUT2D eigenvalue weighted by molar-refractivity contribution is 0.0954. The van der Waals surface area contributed by atoms with E-state index in [9.17, 15) is 4.79 Å². The minimum Gasteiger partial charge on any atom is -0.352 e. The molecule has 0 aliphatic carbocycles. The molecule has 0 bridgehead atoms. The molecule has 0 aliphatic heterocycles. The molecule has 0 aliphatic rings. The third kappa shape index (κ3) is 4.06. The fraction of sp³-hybridized carbons (Fsp3) is 0.222. The van der Waals surface area contributed by atoms with Crippen molar-refractivity contribution < 1.29 is 4.79 Å². The molecule has 2 heterocycles. The van der Waals surface area contributed by atoms with Gasteiger partial charge in [0.2, 0.25) is 0 Å². The number of aryl methyl sites for hydroxylation is 2. The molecule has 0 saturated heterocycles. The van der Waals surface area contributed by atoms with E-state index in [0.29, 0.717) is 6.54 Å². The summed E-state index contributed by atoms with van der Waals surface area (Å²) >= 11 is 3.41. The van der Waals surface area contributed by atoms with Crippen molar-refractivity contribution in [3.8, 4) is 10.6 Å². The number of nitrogens with one attached hydrogen (secondary N) is 1. The van der Waals surface area contributed by atoms with E-state index in [1.165, 1.54) is 9.75 Å². The Kier molecular flexibility index (Phi) is 4.88. The van der Waals surface area contributed by atoms with E-state index < -0.39 is 0 Å². The number of aromatic nitrogens is 1. The van der Waals surface area contributed by atoms with Gasteiger partial charge in [-0.15, -0.1) is 22.7 Å². The van der Waals surface area contributed by atoms with Gasteiger partial charge in [0.15, 0.2) is 0 Å². The number of rotatable bonds is 5. The molecule has 0 spiro atoms. The molecular formula is C18H18N2OS2. The number of hydrogen-bond acceptors (Lipinski definition) is 4. The van der Waals surface area contributed by atoms with Gasteiger partial charge in [-0.2, -0.15) is 0 Å². The third-order valence-electron chi connectivity index (χ3n) is 3.47. The van der Waals surface area contributed by atoms with Gasteiger partial charge in [0.1, 0.15) is 0 Å². The molecule has 118 valence electrons. The Labute approximate surface area is 144 Å². The van der Waals surface area contributed by atoms with Crippen molar-refractivity contribution in [2.45, 2.75) is 20.3 Å². The highest BCUT2D eigenvalue weighted by atomic mass is 32.1. The molecule has 0 radical (unpaired) electrons. The monoisotopic (exact) mass is 342 g/mol. The van der Waals surface area contributed by atoms with Crippen LogP contribution in [0, 0.1) is 13.8 Å². The maximum absolute atomic E-state index is 12.1. The van der Waals surface area contributed by atoms with E-state index >= 15 is 0 Å². The molecule has 3 aromatic rings. The Morgan fingerprint density at radius 1 is 1.22 bits per heavy atom. The molecule has 23 heavy (non-hydrogen) atoms.